The molecule has 0 saturated carbocycles. The van der Waals surface area contributed by atoms with Crippen LogP contribution >= 0.6 is 0 Å². The Hall–Kier alpha value is -3.32. The first kappa shape index (κ1) is 20.9. The van der Waals surface area contributed by atoms with E-state index in [1.807, 2.05) is 43.3 Å². The maximum absolute atomic E-state index is 13.1. The SMILES string of the molecule is Cc1ccc(-c2ccc3c(c2)CN(C(=O)c2ccc(S(C)(=O)=O)cc2)CCO3)cc1N. The van der Waals surface area contributed by atoms with Crippen molar-refractivity contribution in [2.24, 2.45) is 0 Å². The van der Waals surface area contributed by atoms with E-state index in [2.05, 4.69) is 0 Å². The van der Waals surface area contributed by atoms with Crippen LogP contribution in [0, 0.1) is 6.92 Å². The number of aryl methyl sites for hydroxylation is 1. The molecule has 0 spiro atoms. The van der Waals surface area contributed by atoms with Gasteiger partial charge in [0.15, 0.2) is 9.84 Å². The molecule has 0 fully saturated rings. The van der Waals surface area contributed by atoms with Gasteiger partial charge in [-0.3, -0.25) is 4.79 Å². The van der Waals surface area contributed by atoms with Gasteiger partial charge >= 0.3 is 0 Å². The van der Waals surface area contributed by atoms with Gasteiger partial charge < -0.3 is 15.4 Å². The van der Waals surface area contributed by atoms with Crippen LogP contribution in [-0.2, 0) is 16.4 Å². The predicted molar refractivity (Wildman–Crippen MR) is 121 cm³/mol. The largest absolute Gasteiger partial charge is 0.491 e. The van der Waals surface area contributed by atoms with Crippen LogP contribution in [0.3, 0.4) is 0 Å². The summed E-state index contributed by atoms with van der Waals surface area (Å²) in [4.78, 5) is 15.0. The number of nitrogen functional groups attached to an aromatic ring is 1. The lowest BCUT2D eigenvalue weighted by atomic mass is 10.00. The molecule has 0 aliphatic carbocycles. The third-order valence-electron chi connectivity index (χ3n) is 5.47. The number of ether oxygens (including phenoxy) is 1. The first-order valence-corrected chi connectivity index (χ1v) is 11.8. The van der Waals surface area contributed by atoms with Crippen molar-refractivity contribution in [3.63, 3.8) is 0 Å². The molecule has 1 aliphatic heterocycles. The van der Waals surface area contributed by atoms with Crippen molar-refractivity contribution in [3.05, 3.63) is 77.4 Å². The predicted octanol–water partition coefficient (Wildman–Crippen LogP) is 3.68. The Morgan fingerprint density at radius 3 is 2.35 bits per heavy atom. The highest BCUT2D eigenvalue weighted by molar-refractivity contribution is 7.90. The molecule has 1 aliphatic rings. The molecular weight excluding hydrogens is 412 g/mol. The average Bonchev–Trinajstić information content (AvgIpc) is 2.96. The summed E-state index contributed by atoms with van der Waals surface area (Å²) in [5.74, 6) is 0.591. The number of carbonyl (C=O) groups excluding carboxylic acids is 1. The Labute approximate surface area is 182 Å². The second-order valence-corrected chi connectivity index (χ2v) is 9.78. The molecule has 1 amide bonds. The van der Waals surface area contributed by atoms with Gasteiger partial charge in [0.25, 0.3) is 5.91 Å². The fourth-order valence-electron chi connectivity index (χ4n) is 3.59. The topological polar surface area (TPSA) is 89.7 Å². The zero-order valence-corrected chi connectivity index (χ0v) is 18.3. The minimum absolute atomic E-state index is 0.165. The van der Waals surface area contributed by atoms with Crippen molar-refractivity contribution >= 4 is 21.4 Å². The second kappa shape index (κ2) is 8.07. The number of amides is 1. The van der Waals surface area contributed by atoms with E-state index in [0.29, 0.717) is 25.3 Å². The van der Waals surface area contributed by atoms with Gasteiger partial charge in [0.2, 0.25) is 0 Å². The summed E-state index contributed by atoms with van der Waals surface area (Å²) in [5, 5.41) is 0. The van der Waals surface area contributed by atoms with Crippen LogP contribution in [0.15, 0.2) is 65.6 Å². The fourth-order valence-corrected chi connectivity index (χ4v) is 4.22. The minimum Gasteiger partial charge on any atom is -0.491 e. The molecule has 4 rings (SSSR count). The molecule has 6 nitrogen and oxygen atoms in total. The molecule has 0 atom stereocenters. The number of anilines is 1. The van der Waals surface area contributed by atoms with Crippen LogP contribution < -0.4 is 10.5 Å². The van der Waals surface area contributed by atoms with Crippen LogP contribution in [0.1, 0.15) is 21.5 Å². The lowest BCUT2D eigenvalue weighted by Crippen LogP contribution is -2.32. The zero-order valence-electron chi connectivity index (χ0n) is 17.5. The third kappa shape index (κ3) is 4.41. The molecule has 7 heteroatoms. The number of nitrogens with zero attached hydrogens (tertiary/aromatic N) is 1. The number of sulfone groups is 1. The summed E-state index contributed by atoms with van der Waals surface area (Å²) in [6, 6.07) is 17.9. The van der Waals surface area contributed by atoms with E-state index in [-0.39, 0.29) is 10.8 Å². The number of carbonyl (C=O) groups is 1. The summed E-state index contributed by atoms with van der Waals surface area (Å²) < 4.78 is 29.2. The highest BCUT2D eigenvalue weighted by Gasteiger charge is 2.22. The zero-order chi connectivity index (χ0) is 22.2. The summed E-state index contributed by atoms with van der Waals surface area (Å²) >= 11 is 0. The maximum atomic E-state index is 13.1. The second-order valence-electron chi connectivity index (χ2n) is 7.77. The molecule has 0 bridgehead atoms. The van der Waals surface area contributed by atoms with Crippen LogP contribution in [0.2, 0.25) is 0 Å². The van der Waals surface area contributed by atoms with Crippen LogP contribution in [0.4, 0.5) is 5.69 Å². The quantitative estimate of drug-likeness (QED) is 0.633. The van der Waals surface area contributed by atoms with E-state index in [0.717, 1.165) is 39.9 Å². The van der Waals surface area contributed by atoms with E-state index >= 15 is 0 Å². The van der Waals surface area contributed by atoms with Gasteiger partial charge in [-0.2, -0.15) is 0 Å². The molecule has 2 N–H and O–H groups in total. The fraction of sp³-hybridized carbons (Fsp3) is 0.208. The molecule has 0 unspecified atom stereocenters. The Morgan fingerprint density at radius 2 is 1.68 bits per heavy atom. The molecular formula is C24H24N2O4S. The van der Waals surface area contributed by atoms with E-state index < -0.39 is 9.84 Å². The Morgan fingerprint density at radius 1 is 1.00 bits per heavy atom. The summed E-state index contributed by atoms with van der Waals surface area (Å²) in [6.45, 7) is 3.19. The van der Waals surface area contributed by atoms with Crippen molar-refractivity contribution in [1.29, 1.82) is 0 Å². The van der Waals surface area contributed by atoms with Gasteiger partial charge in [-0.25, -0.2) is 8.42 Å². The van der Waals surface area contributed by atoms with Crippen molar-refractivity contribution in [3.8, 4) is 16.9 Å². The van der Waals surface area contributed by atoms with Gasteiger partial charge in [-0.05, 0) is 66.1 Å². The van der Waals surface area contributed by atoms with Crippen LogP contribution in [-0.4, -0.2) is 38.6 Å². The number of hydrogen-bond acceptors (Lipinski definition) is 5. The number of hydrogen-bond donors (Lipinski definition) is 1. The van der Waals surface area contributed by atoms with Gasteiger partial charge in [-0.15, -0.1) is 0 Å². The highest BCUT2D eigenvalue weighted by atomic mass is 32.2. The van der Waals surface area contributed by atoms with Gasteiger partial charge in [0, 0.05) is 29.6 Å². The van der Waals surface area contributed by atoms with E-state index in [9.17, 15) is 13.2 Å². The molecule has 160 valence electrons. The monoisotopic (exact) mass is 436 g/mol. The molecule has 1 heterocycles. The number of benzene rings is 3. The lowest BCUT2D eigenvalue weighted by molar-refractivity contribution is 0.0733. The van der Waals surface area contributed by atoms with Gasteiger partial charge in [0.05, 0.1) is 11.4 Å². The van der Waals surface area contributed by atoms with E-state index in [1.54, 1.807) is 17.0 Å². The van der Waals surface area contributed by atoms with Crippen LogP contribution in [0.5, 0.6) is 5.75 Å². The van der Waals surface area contributed by atoms with Gasteiger partial charge in [0.1, 0.15) is 12.4 Å². The summed E-state index contributed by atoms with van der Waals surface area (Å²) in [7, 11) is -3.31. The molecule has 0 saturated heterocycles. The number of fused-ring (bicyclic) bond motifs is 1. The number of nitrogens with two attached hydrogens (primary N) is 1. The Balaban J connectivity index is 1.61. The van der Waals surface area contributed by atoms with Crippen LogP contribution in [0.25, 0.3) is 11.1 Å². The smallest absolute Gasteiger partial charge is 0.254 e. The molecule has 3 aromatic rings. The van der Waals surface area contributed by atoms with E-state index in [4.69, 9.17) is 10.5 Å². The summed E-state index contributed by atoms with van der Waals surface area (Å²) in [5.41, 5.74) is 11.2. The average molecular weight is 437 g/mol. The first-order valence-electron chi connectivity index (χ1n) is 9.94. The van der Waals surface area contributed by atoms with Crippen molar-refractivity contribution < 1.29 is 17.9 Å². The molecule has 3 aromatic carbocycles. The standard InChI is InChI=1S/C24H24N2O4S/c1-16-3-4-19(14-22(16)25)18-7-10-23-20(13-18)15-26(11-12-30-23)24(27)17-5-8-21(9-6-17)31(2,28)29/h3-10,13-14H,11-12,15,25H2,1-2H3. The Kier molecular flexibility index (Phi) is 5.45. The molecule has 31 heavy (non-hydrogen) atoms. The lowest BCUT2D eigenvalue weighted by Gasteiger charge is -2.20. The maximum Gasteiger partial charge on any atom is 0.254 e. The van der Waals surface area contributed by atoms with Crippen molar-refractivity contribution in [1.82, 2.24) is 4.90 Å². The van der Waals surface area contributed by atoms with Gasteiger partial charge in [-0.1, -0.05) is 18.2 Å². The highest BCUT2D eigenvalue weighted by Crippen LogP contribution is 2.31. The minimum atomic E-state index is -3.31. The molecule has 0 radical (unpaired) electrons. The third-order valence-corrected chi connectivity index (χ3v) is 6.60. The van der Waals surface area contributed by atoms with Crippen molar-refractivity contribution in [2.45, 2.75) is 18.4 Å². The first-order chi connectivity index (χ1) is 14.7. The van der Waals surface area contributed by atoms with E-state index in [1.165, 1.54) is 12.1 Å². The summed E-state index contributed by atoms with van der Waals surface area (Å²) in [6.07, 6.45) is 1.14. The molecule has 0 aromatic heterocycles. The van der Waals surface area contributed by atoms with Crippen molar-refractivity contribution in [2.75, 3.05) is 25.1 Å². The normalized spacial score (nSPS) is 13.8. The Bertz CT molecular complexity index is 1250. The number of rotatable bonds is 3.